The van der Waals surface area contributed by atoms with Crippen LogP contribution in [0.2, 0.25) is 0 Å². The van der Waals surface area contributed by atoms with Crippen molar-refractivity contribution in [3.63, 3.8) is 0 Å². The van der Waals surface area contributed by atoms with Crippen LogP contribution in [0.5, 0.6) is 0 Å². The van der Waals surface area contributed by atoms with Crippen LogP contribution in [0, 0.1) is 12.3 Å². The molecule has 2 nitrogen and oxygen atoms in total. The second-order valence-corrected chi connectivity index (χ2v) is 2.43. The molecule has 0 fully saturated rings. The SMILES string of the molecule is C#Cc1ccccc1C(O)CO. The van der Waals surface area contributed by atoms with E-state index < -0.39 is 6.10 Å². The zero-order chi connectivity index (χ0) is 8.97. The molecule has 1 aromatic carbocycles. The average Bonchev–Trinajstić information content (AvgIpc) is 2.16. The minimum Gasteiger partial charge on any atom is -0.393 e. The summed E-state index contributed by atoms with van der Waals surface area (Å²) in [6.45, 7) is -0.307. The lowest BCUT2D eigenvalue weighted by atomic mass is 10.0. The van der Waals surface area contributed by atoms with Gasteiger partial charge >= 0.3 is 0 Å². The number of aliphatic hydroxyl groups excluding tert-OH is 2. The predicted octanol–water partition coefficient (Wildman–Crippen LogP) is 0.694. The van der Waals surface area contributed by atoms with Crippen LogP contribution >= 0.6 is 0 Å². The van der Waals surface area contributed by atoms with Crippen LogP contribution in [0.4, 0.5) is 0 Å². The average molecular weight is 162 g/mol. The van der Waals surface area contributed by atoms with E-state index in [2.05, 4.69) is 5.92 Å². The molecule has 2 heteroatoms. The van der Waals surface area contributed by atoms with Crippen molar-refractivity contribution >= 4 is 0 Å². The Morgan fingerprint density at radius 2 is 2.08 bits per heavy atom. The van der Waals surface area contributed by atoms with Gasteiger partial charge in [0, 0.05) is 5.56 Å². The van der Waals surface area contributed by atoms with Gasteiger partial charge < -0.3 is 10.2 Å². The minimum absolute atomic E-state index is 0.307. The highest BCUT2D eigenvalue weighted by atomic mass is 16.3. The van der Waals surface area contributed by atoms with Crippen LogP contribution in [-0.4, -0.2) is 16.8 Å². The molecular formula is C10H10O2. The molecule has 0 heterocycles. The zero-order valence-corrected chi connectivity index (χ0v) is 6.57. The van der Waals surface area contributed by atoms with Crippen LogP contribution in [0.25, 0.3) is 0 Å². The maximum absolute atomic E-state index is 9.30. The summed E-state index contributed by atoms with van der Waals surface area (Å²) >= 11 is 0. The Hall–Kier alpha value is -1.30. The topological polar surface area (TPSA) is 40.5 Å². The first-order valence-corrected chi connectivity index (χ1v) is 3.64. The van der Waals surface area contributed by atoms with Gasteiger partial charge in [0.05, 0.1) is 6.61 Å². The van der Waals surface area contributed by atoms with Crippen LogP contribution in [0.15, 0.2) is 24.3 Å². The van der Waals surface area contributed by atoms with E-state index in [9.17, 15) is 5.11 Å². The predicted molar refractivity (Wildman–Crippen MR) is 46.4 cm³/mol. The first-order chi connectivity index (χ1) is 5.79. The van der Waals surface area contributed by atoms with E-state index in [4.69, 9.17) is 11.5 Å². The molecule has 1 rings (SSSR count). The first-order valence-electron chi connectivity index (χ1n) is 3.64. The van der Waals surface area contributed by atoms with Crippen molar-refractivity contribution in [3.05, 3.63) is 35.4 Å². The van der Waals surface area contributed by atoms with E-state index >= 15 is 0 Å². The Labute approximate surface area is 71.5 Å². The van der Waals surface area contributed by atoms with E-state index in [1.807, 2.05) is 0 Å². The molecule has 62 valence electrons. The summed E-state index contributed by atoms with van der Waals surface area (Å²) in [6, 6.07) is 7.00. The Bertz CT molecular complexity index is 299. The molecule has 0 saturated carbocycles. The molecule has 0 aliphatic rings. The third-order valence-corrected chi connectivity index (χ3v) is 1.65. The van der Waals surface area contributed by atoms with Gasteiger partial charge in [0.25, 0.3) is 0 Å². The van der Waals surface area contributed by atoms with E-state index in [1.165, 1.54) is 0 Å². The van der Waals surface area contributed by atoms with Gasteiger partial charge in [-0.2, -0.15) is 0 Å². The number of hydrogen-bond acceptors (Lipinski definition) is 2. The van der Waals surface area contributed by atoms with Crippen molar-refractivity contribution in [1.29, 1.82) is 0 Å². The summed E-state index contributed by atoms with van der Waals surface area (Å²) in [5, 5.41) is 18.0. The van der Waals surface area contributed by atoms with Crippen LogP contribution in [-0.2, 0) is 0 Å². The number of rotatable bonds is 2. The summed E-state index contributed by atoms with van der Waals surface area (Å²) in [7, 11) is 0. The number of hydrogen-bond donors (Lipinski definition) is 2. The molecule has 0 saturated heterocycles. The molecule has 0 aromatic heterocycles. The molecule has 1 atom stereocenters. The molecule has 12 heavy (non-hydrogen) atoms. The highest BCUT2D eigenvalue weighted by Crippen LogP contribution is 2.15. The fraction of sp³-hybridized carbons (Fsp3) is 0.200. The van der Waals surface area contributed by atoms with Crippen LogP contribution in [0.3, 0.4) is 0 Å². The normalized spacial score (nSPS) is 12.1. The van der Waals surface area contributed by atoms with E-state index in [1.54, 1.807) is 24.3 Å². The second-order valence-electron chi connectivity index (χ2n) is 2.43. The Balaban J connectivity index is 3.07. The van der Waals surface area contributed by atoms with E-state index in [0.717, 1.165) is 0 Å². The third-order valence-electron chi connectivity index (χ3n) is 1.65. The van der Waals surface area contributed by atoms with Gasteiger partial charge in [-0.1, -0.05) is 24.1 Å². The van der Waals surface area contributed by atoms with Crippen LogP contribution < -0.4 is 0 Å². The van der Waals surface area contributed by atoms with Gasteiger partial charge in [-0.05, 0) is 11.6 Å². The quantitative estimate of drug-likeness (QED) is 0.628. The summed E-state index contributed by atoms with van der Waals surface area (Å²) in [4.78, 5) is 0. The van der Waals surface area contributed by atoms with Gasteiger partial charge in [-0.3, -0.25) is 0 Å². The zero-order valence-electron chi connectivity index (χ0n) is 6.57. The minimum atomic E-state index is -0.878. The third kappa shape index (κ3) is 1.65. The maximum atomic E-state index is 9.30. The highest BCUT2D eigenvalue weighted by Gasteiger charge is 2.08. The number of benzene rings is 1. The highest BCUT2D eigenvalue weighted by molar-refractivity contribution is 5.40. The smallest absolute Gasteiger partial charge is 0.103 e. The van der Waals surface area contributed by atoms with Crippen LogP contribution in [0.1, 0.15) is 17.2 Å². The van der Waals surface area contributed by atoms with Crippen molar-refractivity contribution < 1.29 is 10.2 Å². The van der Waals surface area contributed by atoms with E-state index in [-0.39, 0.29) is 6.61 Å². The van der Waals surface area contributed by atoms with Crippen molar-refractivity contribution in [1.82, 2.24) is 0 Å². The van der Waals surface area contributed by atoms with Gasteiger partial charge in [0.2, 0.25) is 0 Å². The molecule has 0 aliphatic heterocycles. The van der Waals surface area contributed by atoms with Gasteiger partial charge in [0.1, 0.15) is 6.10 Å². The number of terminal acetylenes is 1. The molecule has 1 aromatic rings. The summed E-state index contributed by atoms with van der Waals surface area (Å²) in [6.07, 6.45) is 4.32. The van der Waals surface area contributed by atoms with Crippen molar-refractivity contribution in [2.24, 2.45) is 0 Å². The van der Waals surface area contributed by atoms with Gasteiger partial charge in [-0.15, -0.1) is 6.42 Å². The Morgan fingerprint density at radius 3 is 2.67 bits per heavy atom. The molecule has 0 radical (unpaired) electrons. The molecule has 0 amide bonds. The first kappa shape index (κ1) is 8.79. The van der Waals surface area contributed by atoms with Gasteiger partial charge in [-0.25, -0.2) is 0 Å². The molecule has 2 N–H and O–H groups in total. The molecule has 0 bridgehead atoms. The number of aliphatic hydroxyl groups is 2. The lowest BCUT2D eigenvalue weighted by Gasteiger charge is -2.08. The standard InChI is InChI=1S/C10H10O2/c1-2-8-5-3-4-6-9(8)10(12)7-11/h1,3-6,10-12H,7H2. The molecule has 1 unspecified atom stereocenters. The molecular weight excluding hydrogens is 152 g/mol. The maximum Gasteiger partial charge on any atom is 0.103 e. The summed E-state index contributed by atoms with van der Waals surface area (Å²) in [5.41, 5.74) is 1.22. The molecule has 0 spiro atoms. The van der Waals surface area contributed by atoms with Crippen molar-refractivity contribution in [3.8, 4) is 12.3 Å². The van der Waals surface area contributed by atoms with E-state index in [0.29, 0.717) is 11.1 Å². The van der Waals surface area contributed by atoms with Crippen molar-refractivity contribution in [2.45, 2.75) is 6.10 Å². The fourth-order valence-electron chi connectivity index (χ4n) is 1.02. The fourth-order valence-corrected chi connectivity index (χ4v) is 1.02. The van der Waals surface area contributed by atoms with Gasteiger partial charge in [0.15, 0.2) is 0 Å². The Kier molecular flexibility index (Phi) is 2.87. The molecule has 0 aliphatic carbocycles. The van der Waals surface area contributed by atoms with Crippen molar-refractivity contribution in [2.75, 3.05) is 6.61 Å². The second kappa shape index (κ2) is 3.91. The monoisotopic (exact) mass is 162 g/mol. The summed E-state index contributed by atoms with van der Waals surface area (Å²) < 4.78 is 0. The largest absolute Gasteiger partial charge is 0.393 e. The Morgan fingerprint density at radius 1 is 1.42 bits per heavy atom. The lowest BCUT2D eigenvalue weighted by Crippen LogP contribution is -2.04. The lowest BCUT2D eigenvalue weighted by molar-refractivity contribution is 0.0954. The summed E-state index contributed by atoms with van der Waals surface area (Å²) in [5.74, 6) is 2.44.